The number of halogens is 1. The third kappa shape index (κ3) is 3.33. The molecule has 5 atom stereocenters. The molecule has 3 aromatic rings. The van der Waals surface area contributed by atoms with Crippen LogP contribution in [0.3, 0.4) is 0 Å². The van der Waals surface area contributed by atoms with Crippen molar-refractivity contribution in [1.82, 2.24) is 0 Å². The van der Waals surface area contributed by atoms with Gasteiger partial charge in [0, 0.05) is 4.47 Å². The zero-order chi connectivity index (χ0) is 20.3. The molecule has 2 heteroatoms. The summed E-state index contributed by atoms with van der Waals surface area (Å²) in [5, 5.41) is 5.10. The maximum Gasteiger partial charge on any atom is 0.0876 e. The van der Waals surface area contributed by atoms with E-state index in [2.05, 4.69) is 92.2 Å². The van der Waals surface area contributed by atoms with E-state index in [1.807, 2.05) is 0 Å². The Bertz CT molecular complexity index is 1070. The van der Waals surface area contributed by atoms with Crippen LogP contribution in [0.4, 0.5) is 0 Å². The van der Waals surface area contributed by atoms with Crippen LogP contribution in [0.25, 0.3) is 21.5 Å². The van der Waals surface area contributed by atoms with Gasteiger partial charge in [-0.05, 0) is 108 Å². The Balaban J connectivity index is 1.41. The van der Waals surface area contributed by atoms with Crippen LogP contribution in [0.15, 0.2) is 53.0 Å². The first-order valence-electron chi connectivity index (χ1n) is 11.1. The fraction of sp³-hybridized carbons (Fsp3) is 0.481. The van der Waals surface area contributed by atoms with E-state index in [-0.39, 0.29) is 5.60 Å². The first-order valence-corrected chi connectivity index (χ1v) is 11.9. The highest BCUT2D eigenvalue weighted by atomic mass is 79.9. The maximum atomic E-state index is 6.61. The predicted molar refractivity (Wildman–Crippen MR) is 126 cm³/mol. The van der Waals surface area contributed by atoms with Crippen molar-refractivity contribution in [2.24, 2.45) is 29.6 Å². The highest BCUT2D eigenvalue weighted by molar-refractivity contribution is 9.10. The lowest BCUT2D eigenvalue weighted by Crippen LogP contribution is -2.31. The standard InChI is InChI=1S/C27H31BrO/c1-16-17(2)24-13-20(16)10-22(24)15-29-27(3,4)23-11-21-9-18-7-5-6-8-19(18)12-25(21)26(28)14-23/h5-9,11-12,14,16-17,20,22,24H,10,13,15H2,1-4H3. The van der Waals surface area contributed by atoms with Gasteiger partial charge in [0.25, 0.3) is 0 Å². The molecule has 2 saturated carbocycles. The van der Waals surface area contributed by atoms with Crippen LogP contribution in [0.2, 0.25) is 0 Å². The lowest BCUT2D eigenvalue weighted by Gasteiger charge is -2.34. The summed E-state index contributed by atoms with van der Waals surface area (Å²) >= 11 is 3.83. The molecule has 0 radical (unpaired) electrons. The highest BCUT2D eigenvalue weighted by Gasteiger charge is 2.48. The van der Waals surface area contributed by atoms with Gasteiger partial charge < -0.3 is 4.74 Å². The molecule has 0 spiro atoms. The first kappa shape index (κ1) is 19.6. The second-order valence-corrected chi connectivity index (χ2v) is 10.9. The van der Waals surface area contributed by atoms with E-state index in [4.69, 9.17) is 4.74 Å². The average molecular weight is 451 g/mol. The first-order chi connectivity index (χ1) is 13.8. The maximum absolute atomic E-state index is 6.61. The highest BCUT2D eigenvalue weighted by Crippen LogP contribution is 2.55. The normalized spacial score (nSPS) is 29.2. The molecule has 0 N–H and O–H groups in total. The van der Waals surface area contributed by atoms with E-state index in [0.717, 1.165) is 40.7 Å². The molecule has 5 unspecified atom stereocenters. The van der Waals surface area contributed by atoms with E-state index < -0.39 is 0 Å². The van der Waals surface area contributed by atoms with E-state index in [0.29, 0.717) is 0 Å². The summed E-state index contributed by atoms with van der Waals surface area (Å²) in [5.74, 6) is 4.28. The molecule has 2 aliphatic carbocycles. The molecule has 0 aromatic heterocycles. The minimum absolute atomic E-state index is 0.293. The molecule has 0 aliphatic heterocycles. The van der Waals surface area contributed by atoms with Gasteiger partial charge in [0.1, 0.15) is 0 Å². The van der Waals surface area contributed by atoms with Gasteiger partial charge in [-0.1, -0.05) is 54.0 Å². The van der Waals surface area contributed by atoms with E-state index >= 15 is 0 Å². The van der Waals surface area contributed by atoms with Crippen LogP contribution < -0.4 is 0 Å². The summed E-state index contributed by atoms with van der Waals surface area (Å²) < 4.78 is 7.75. The summed E-state index contributed by atoms with van der Waals surface area (Å²) in [5.41, 5.74) is 0.954. The third-order valence-electron chi connectivity index (χ3n) is 8.16. The van der Waals surface area contributed by atoms with Gasteiger partial charge in [0.2, 0.25) is 0 Å². The molecule has 1 nitrogen and oxygen atoms in total. The minimum Gasteiger partial charge on any atom is -0.371 e. The molecule has 0 heterocycles. The van der Waals surface area contributed by atoms with E-state index in [1.165, 1.54) is 39.9 Å². The smallest absolute Gasteiger partial charge is 0.0876 e. The van der Waals surface area contributed by atoms with Gasteiger partial charge in [-0.25, -0.2) is 0 Å². The molecule has 5 rings (SSSR count). The summed E-state index contributed by atoms with van der Waals surface area (Å²) in [6.07, 6.45) is 2.78. The third-order valence-corrected chi connectivity index (χ3v) is 8.81. The Kier molecular flexibility index (Phi) is 4.79. The van der Waals surface area contributed by atoms with Crippen LogP contribution in [-0.4, -0.2) is 6.61 Å². The van der Waals surface area contributed by atoms with Crippen LogP contribution in [0.5, 0.6) is 0 Å². The fourth-order valence-electron chi connectivity index (χ4n) is 6.04. The van der Waals surface area contributed by atoms with Crippen molar-refractivity contribution in [2.45, 2.75) is 46.1 Å². The summed E-state index contributed by atoms with van der Waals surface area (Å²) in [7, 11) is 0. The van der Waals surface area contributed by atoms with Gasteiger partial charge in [-0.3, -0.25) is 0 Å². The van der Waals surface area contributed by atoms with E-state index in [1.54, 1.807) is 0 Å². The molecule has 2 bridgehead atoms. The van der Waals surface area contributed by atoms with Crippen LogP contribution in [0.1, 0.15) is 46.1 Å². The van der Waals surface area contributed by atoms with Crippen molar-refractivity contribution in [3.05, 3.63) is 58.6 Å². The molecule has 152 valence electrons. The Morgan fingerprint density at radius 3 is 2.34 bits per heavy atom. The molecular weight excluding hydrogens is 420 g/mol. The number of rotatable bonds is 4. The van der Waals surface area contributed by atoms with Crippen molar-refractivity contribution < 1.29 is 4.74 Å². The van der Waals surface area contributed by atoms with Gasteiger partial charge in [-0.15, -0.1) is 0 Å². The Morgan fingerprint density at radius 1 is 0.931 bits per heavy atom. The lowest BCUT2D eigenvalue weighted by molar-refractivity contribution is -0.0540. The zero-order valence-corrected chi connectivity index (χ0v) is 19.5. The quantitative estimate of drug-likeness (QED) is 0.366. The second kappa shape index (κ2) is 7.10. The summed E-state index contributed by atoms with van der Waals surface area (Å²) in [6, 6.07) is 17.7. The number of ether oxygens (including phenoxy) is 1. The summed E-state index contributed by atoms with van der Waals surface area (Å²) in [4.78, 5) is 0. The molecule has 3 aromatic carbocycles. The zero-order valence-electron chi connectivity index (χ0n) is 17.9. The Morgan fingerprint density at radius 2 is 1.66 bits per heavy atom. The topological polar surface area (TPSA) is 9.23 Å². The number of fused-ring (bicyclic) bond motifs is 4. The molecule has 29 heavy (non-hydrogen) atoms. The number of hydrogen-bond donors (Lipinski definition) is 0. The largest absolute Gasteiger partial charge is 0.371 e. The SMILES string of the molecule is CC1C2CC(COC(C)(C)c3cc(Br)c4cc5ccccc5cc4c3)C(C2)C1C. The molecule has 0 saturated heterocycles. The number of hydrogen-bond acceptors (Lipinski definition) is 1. The summed E-state index contributed by atoms with van der Waals surface area (Å²) in [6.45, 7) is 10.2. The fourth-order valence-corrected chi connectivity index (χ4v) is 6.63. The second-order valence-electron chi connectivity index (χ2n) is 10.1. The molecule has 2 fully saturated rings. The van der Waals surface area contributed by atoms with Crippen LogP contribution in [0, 0.1) is 29.6 Å². The van der Waals surface area contributed by atoms with Gasteiger partial charge in [0.15, 0.2) is 0 Å². The van der Waals surface area contributed by atoms with Gasteiger partial charge >= 0.3 is 0 Å². The monoisotopic (exact) mass is 450 g/mol. The Labute approximate surface area is 183 Å². The van der Waals surface area contributed by atoms with Gasteiger partial charge in [0.05, 0.1) is 12.2 Å². The van der Waals surface area contributed by atoms with Crippen molar-refractivity contribution in [1.29, 1.82) is 0 Å². The van der Waals surface area contributed by atoms with Gasteiger partial charge in [-0.2, -0.15) is 0 Å². The average Bonchev–Trinajstić information content (AvgIpc) is 3.24. The lowest BCUT2D eigenvalue weighted by atomic mass is 9.76. The predicted octanol–water partition coefficient (Wildman–Crippen LogP) is 7.94. The van der Waals surface area contributed by atoms with Crippen molar-refractivity contribution >= 4 is 37.5 Å². The van der Waals surface area contributed by atoms with Crippen LogP contribution in [-0.2, 0) is 10.3 Å². The van der Waals surface area contributed by atoms with E-state index in [9.17, 15) is 0 Å². The van der Waals surface area contributed by atoms with Crippen molar-refractivity contribution in [3.63, 3.8) is 0 Å². The van der Waals surface area contributed by atoms with Crippen molar-refractivity contribution in [3.8, 4) is 0 Å². The minimum atomic E-state index is -0.293. The Hall–Kier alpha value is -1.38. The molecule has 2 aliphatic rings. The molecular formula is C27H31BrO. The molecule has 0 amide bonds. The number of benzene rings is 3. The van der Waals surface area contributed by atoms with Crippen LogP contribution >= 0.6 is 15.9 Å². The van der Waals surface area contributed by atoms with Crippen molar-refractivity contribution in [2.75, 3.05) is 6.61 Å².